The van der Waals surface area contributed by atoms with Gasteiger partial charge in [-0.1, -0.05) is 35.5 Å². The summed E-state index contributed by atoms with van der Waals surface area (Å²) in [5.41, 5.74) is 1.33. The van der Waals surface area contributed by atoms with E-state index in [1.165, 1.54) is 0 Å². The Hall–Kier alpha value is -1.48. The van der Waals surface area contributed by atoms with Crippen LogP contribution in [-0.2, 0) is 0 Å². The smallest absolute Gasteiger partial charge is 0.123 e. The minimum atomic E-state index is 0.264. The molecule has 0 atom stereocenters. The second kappa shape index (κ2) is 5.41. The third-order valence-corrected chi connectivity index (χ3v) is 1.91. The van der Waals surface area contributed by atoms with Gasteiger partial charge in [-0.05, 0) is 19.1 Å². The lowest BCUT2D eigenvalue weighted by molar-refractivity contribution is 0.319. The molecule has 0 aliphatic rings. The van der Waals surface area contributed by atoms with Crippen molar-refractivity contribution in [3.8, 4) is 5.75 Å². The first kappa shape index (κ1) is 11.6. The molecular formula is C11H12ClNO2. The molecule has 0 aliphatic carbocycles. The van der Waals surface area contributed by atoms with Gasteiger partial charge in [-0.3, -0.25) is 0 Å². The van der Waals surface area contributed by atoms with Crippen LogP contribution in [0, 0.1) is 0 Å². The summed E-state index contributed by atoms with van der Waals surface area (Å²) >= 11 is 5.57. The summed E-state index contributed by atoms with van der Waals surface area (Å²) in [6.45, 7) is 5.49. The summed E-state index contributed by atoms with van der Waals surface area (Å²) < 4.78 is 5.33. The second-order valence-corrected chi connectivity index (χ2v) is 3.55. The number of hydrogen-bond donors (Lipinski definition) is 1. The van der Waals surface area contributed by atoms with Crippen LogP contribution in [0.25, 0.3) is 0 Å². The van der Waals surface area contributed by atoms with E-state index < -0.39 is 0 Å². The van der Waals surface area contributed by atoms with E-state index in [0.717, 1.165) is 5.56 Å². The SMILES string of the molecule is C=C(Cl)COc1cccc(/C(C)=N/O)c1. The van der Waals surface area contributed by atoms with Crippen molar-refractivity contribution >= 4 is 17.3 Å². The zero-order chi connectivity index (χ0) is 11.3. The third kappa shape index (κ3) is 3.64. The fraction of sp³-hybridized carbons (Fsp3) is 0.182. The van der Waals surface area contributed by atoms with E-state index in [1.54, 1.807) is 19.1 Å². The first-order valence-electron chi connectivity index (χ1n) is 4.38. The Morgan fingerprint density at radius 3 is 2.93 bits per heavy atom. The highest BCUT2D eigenvalue weighted by Gasteiger charge is 2.00. The number of hydrogen-bond acceptors (Lipinski definition) is 3. The summed E-state index contributed by atoms with van der Waals surface area (Å²) in [4.78, 5) is 0. The molecule has 1 rings (SSSR count). The van der Waals surface area contributed by atoms with Gasteiger partial charge in [0.2, 0.25) is 0 Å². The minimum absolute atomic E-state index is 0.264. The monoisotopic (exact) mass is 225 g/mol. The van der Waals surface area contributed by atoms with Crippen LogP contribution in [0.2, 0.25) is 0 Å². The van der Waals surface area contributed by atoms with Crippen molar-refractivity contribution in [1.82, 2.24) is 0 Å². The molecule has 0 saturated heterocycles. The summed E-state index contributed by atoms with van der Waals surface area (Å²) in [5, 5.41) is 12.2. The number of benzene rings is 1. The molecule has 1 aromatic carbocycles. The number of rotatable bonds is 4. The number of halogens is 1. The zero-order valence-corrected chi connectivity index (χ0v) is 9.16. The lowest BCUT2D eigenvalue weighted by Crippen LogP contribution is -1.99. The third-order valence-electron chi connectivity index (χ3n) is 1.80. The molecule has 0 unspecified atom stereocenters. The maximum Gasteiger partial charge on any atom is 0.123 e. The highest BCUT2D eigenvalue weighted by atomic mass is 35.5. The number of ether oxygens (including phenoxy) is 1. The van der Waals surface area contributed by atoms with Crippen LogP contribution in [0.1, 0.15) is 12.5 Å². The van der Waals surface area contributed by atoms with Crippen LogP contribution in [0.4, 0.5) is 0 Å². The molecule has 15 heavy (non-hydrogen) atoms. The minimum Gasteiger partial charge on any atom is -0.488 e. The number of oxime groups is 1. The van der Waals surface area contributed by atoms with Gasteiger partial charge in [0.05, 0.1) is 5.71 Å². The van der Waals surface area contributed by atoms with Crippen molar-refractivity contribution in [2.45, 2.75) is 6.92 Å². The molecule has 1 N–H and O–H groups in total. The van der Waals surface area contributed by atoms with Gasteiger partial charge in [-0.15, -0.1) is 0 Å². The second-order valence-electron chi connectivity index (χ2n) is 3.02. The van der Waals surface area contributed by atoms with Crippen molar-refractivity contribution in [2.75, 3.05) is 6.61 Å². The summed E-state index contributed by atoms with van der Waals surface area (Å²) in [6, 6.07) is 7.22. The van der Waals surface area contributed by atoms with Gasteiger partial charge in [0.1, 0.15) is 12.4 Å². The zero-order valence-electron chi connectivity index (χ0n) is 8.40. The highest BCUT2D eigenvalue weighted by molar-refractivity contribution is 6.29. The summed E-state index contributed by atoms with van der Waals surface area (Å²) in [6.07, 6.45) is 0. The van der Waals surface area contributed by atoms with Gasteiger partial charge in [-0.2, -0.15) is 0 Å². The van der Waals surface area contributed by atoms with Crippen LogP contribution >= 0.6 is 11.6 Å². The van der Waals surface area contributed by atoms with Crippen molar-refractivity contribution in [2.24, 2.45) is 5.16 Å². The summed E-state index contributed by atoms with van der Waals surface area (Å²) in [7, 11) is 0. The van der Waals surface area contributed by atoms with E-state index >= 15 is 0 Å². The topological polar surface area (TPSA) is 41.8 Å². The molecule has 80 valence electrons. The van der Waals surface area contributed by atoms with Crippen LogP contribution < -0.4 is 4.74 Å². The van der Waals surface area contributed by atoms with Gasteiger partial charge in [-0.25, -0.2) is 0 Å². The fourth-order valence-corrected chi connectivity index (χ4v) is 1.08. The van der Waals surface area contributed by atoms with Crippen molar-refractivity contribution in [3.05, 3.63) is 41.4 Å². The molecular weight excluding hydrogens is 214 g/mol. The molecule has 0 saturated carbocycles. The van der Waals surface area contributed by atoms with Gasteiger partial charge in [0.15, 0.2) is 0 Å². The van der Waals surface area contributed by atoms with E-state index in [0.29, 0.717) is 16.5 Å². The maximum atomic E-state index is 8.61. The number of nitrogens with zero attached hydrogens (tertiary/aromatic N) is 1. The molecule has 0 spiro atoms. The maximum absolute atomic E-state index is 8.61. The van der Waals surface area contributed by atoms with Crippen LogP contribution in [0.5, 0.6) is 5.75 Å². The molecule has 0 heterocycles. The Balaban J connectivity index is 2.79. The Labute approximate surface area is 93.6 Å². The molecule has 0 radical (unpaired) electrons. The van der Waals surface area contributed by atoms with Gasteiger partial charge in [0, 0.05) is 10.6 Å². The van der Waals surface area contributed by atoms with Crippen LogP contribution in [0.15, 0.2) is 41.0 Å². The van der Waals surface area contributed by atoms with Crippen molar-refractivity contribution < 1.29 is 9.94 Å². The first-order chi connectivity index (χ1) is 7.13. The molecule has 0 aromatic heterocycles. The molecule has 0 amide bonds. The average molecular weight is 226 g/mol. The lowest BCUT2D eigenvalue weighted by atomic mass is 10.1. The highest BCUT2D eigenvalue weighted by Crippen LogP contribution is 2.15. The lowest BCUT2D eigenvalue weighted by Gasteiger charge is -2.06. The van der Waals surface area contributed by atoms with E-state index in [9.17, 15) is 0 Å². The van der Waals surface area contributed by atoms with Gasteiger partial charge >= 0.3 is 0 Å². The standard InChI is InChI=1S/C11H12ClNO2/c1-8(12)7-15-11-5-3-4-10(6-11)9(2)13-14/h3-6,14H,1,7H2,2H3/b13-9+. The van der Waals surface area contributed by atoms with E-state index in [2.05, 4.69) is 11.7 Å². The Kier molecular flexibility index (Phi) is 4.18. The molecule has 0 bridgehead atoms. The fourth-order valence-electron chi connectivity index (χ4n) is 1.03. The molecule has 0 aliphatic heterocycles. The van der Waals surface area contributed by atoms with Gasteiger partial charge in [0.25, 0.3) is 0 Å². The molecule has 3 nitrogen and oxygen atoms in total. The predicted molar refractivity (Wildman–Crippen MR) is 60.9 cm³/mol. The normalized spacial score (nSPS) is 11.2. The van der Waals surface area contributed by atoms with Crippen LogP contribution in [-0.4, -0.2) is 17.5 Å². The predicted octanol–water partition coefficient (Wildman–Crippen LogP) is 3.02. The van der Waals surface area contributed by atoms with Gasteiger partial charge < -0.3 is 9.94 Å². The Bertz CT molecular complexity index is 388. The van der Waals surface area contributed by atoms with Crippen LogP contribution in [0.3, 0.4) is 0 Å². The summed E-state index contributed by atoms with van der Waals surface area (Å²) in [5.74, 6) is 0.664. The van der Waals surface area contributed by atoms with E-state index in [-0.39, 0.29) is 6.61 Å². The molecule has 4 heteroatoms. The first-order valence-corrected chi connectivity index (χ1v) is 4.76. The quantitative estimate of drug-likeness (QED) is 0.486. The molecule has 1 aromatic rings. The largest absolute Gasteiger partial charge is 0.488 e. The van der Waals surface area contributed by atoms with Crippen molar-refractivity contribution in [1.29, 1.82) is 0 Å². The van der Waals surface area contributed by atoms with Crippen molar-refractivity contribution in [3.63, 3.8) is 0 Å². The van der Waals surface area contributed by atoms with E-state index in [4.69, 9.17) is 21.5 Å². The average Bonchev–Trinajstić information content (AvgIpc) is 2.25. The Morgan fingerprint density at radius 1 is 1.60 bits per heavy atom. The molecule has 0 fully saturated rings. The van der Waals surface area contributed by atoms with E-state index in [1.807, 2.05) is 12.1 Å². The Morgan fingerprint density at radius 2 is 2.33 bits per heavy atom.